The molecule has 0 spiro atoms. The fourth-order valence-corrected chi connectivity index (χ4v) is 6.69. The molecule has 3 heteroatoms. The van der Waals surface area contributed by atoms with Crippen LogP contribution in [0.25, 0.3) is 6.08 Å². The molecule has 0 saturated heterocycles. The first-order valence-electron chi connectivity index (χ1n) is 12.4. The third-order valence-electron chi connectivity index (χ3n) is 8.49. The molecule has 1 aromatic rings. The first-order valence-corrected chi connectivity index (χ1v) is 12.4. The zero-order valence-corrected chi connectivity index (χ0v) is 19.0. The lowest BCUT2D eigenvalue weighted by atomic mass is 9.61. The van der Waals surface area contributed by atoms with Gasteiger partial charge in [0.15, 0.2) is 11.6 Å². The number of halogens is 2. The van der Waals surface area contributed by atoms with Crippen LogP contribution in [0.1, 0.15) is 76.7 Å². The Morgan fingerprint density at radius 1 is 0.871 bits per heavy atom. The van der Waals surface area contributed by atoms with Gasteiger partial charge in [-0.05, 0) is 119 Å². The predicted octanol–water partition coefficient (Wildman–Crippen LogP) is 8.20. The summed E-state index contributed by atoms with van der Waals surface area (Å²) in [5.74, 6) is 3.20. The van der Waals surface area contributed by atoms with Gasteiger partial charge in [0, 0.05) is 5.56 Å². The van der Waals surface area contributed by atoms with Gasteiger partial charge in [-0.15, -0.1) is 0 Å². The van der Waals surface area contributed by atoms with Crippen molar-refractivity contribution in [2.75, 3.05) is 6.61 Å². The minimum atomic E-state index is -0.896. The van der Waals surface area contributed by atoms with Crippen LogP contribution in [0.4, 0.5) is 8.78 Å². The third kappa shape index (κ3) is 5.23. The molecule has 3 fully saturated rings. The molecule has 3 saturated carbocycles. The van der Waals surface area contributed by atoms with E-state index in [1.807, 2.05) is 0 Å². The molecule has 0 aromatic heterocycles. The lowest BCUT2D eigenvalue weighted by Gasteiger charge is -2.45. The fraction of sp³-hybridized carbons (Fsp3) is 0.643. The van der Waals surface area contributed by atoms with E-state index in [1.165, 1.54) is 69.6 Å². The van der Waals surface area contributed by atoms with E-state index in [4.69, 9.17) is 4.74 Å². The highest BCUT2D eigenvalue weighted by atomic mass is 19.2. The normalized spacial score (nSPS) is 33.8. The highest BCUT2D eigenvalue weighted by molar-refractivity contribution is 5.50. The van der Waals surface area contributed by atoms with Gasteiger partial charge >= 0.3 is 0 Å². The van der Waals surface area contributed by atoms with Gasteiger partial charge < -0.3 is 4.74 Å². The first kappa shape index (κ1) is 22.6. The number of allylic oxidation sites excluding steroid dienone is 2. The van der Waals surface area contributed by atoms with E-state index < -0.39 is 11.6 Å². The smallest absolute Gasteiger partial charge is 0.201 e. The van der Waals surface area contributed by atoms with Gasteiger partial charge in [0.25, 0.3) is 0 Å². The largest absolute Gasteiger partial charge is 0.490 e. The second-order valence-electron chi connectivity index (χ2n) is 10.3. The molecular formula is C28H38F2O. The molecule has 3 aliphatic carbocycles. The van der Waals surface area contributed by atoms with E-state index in [0.29, 0.717) is 12.5 Å². The molecule has 31 heavy (non-hydrogen) atoms. The molecule has 1 aromatic carbocycles. The Kier molecular flexibility index (Phi) is 7.51. The number of rotatable bonds is 6. The molecule has 4 rings (SSSR count). The van der Waals surface area contributed by atoms with Gasteiger partial charge in [-0.2, -0.15) is 4.39 Å². The summed E-state index contributed by atoms with van der Waals surface area (Å²) in [7, 11) is 0. The Bertz CT molecular complexity index is 777. The van der Waals surface area contributed by atoms with Gasteiger partial charge in [-0.3, -0.25) is 0 Å². The minimum absolute atomic E-state index is 0.0251. The molecule has 1 nitrogen and oxygen atoms in total. The van der Waals surface area contributed by atoms with Crippen LogP contribution < -0.4 is 4.74 Å². The van der Waals surface area contributed by atoms with Gasteiger partial charge in [0.2, 0.25) is 5.82 Å². The van der Waals surface area contributed by atoms with E-state index in [0.717, 1.165) is 42.4 Å². The Labute approximate surface area is 187 Å². The second-order valence-corrected chi connectivity index (χ2v) is 10.3. The highest BCUT2D eigenvalue weighted by Gasteiger charge is 2.38. The summed E-state index contributed by atoms with van der Waals surface area (Å²) in [6, 6.07) is 3.05. The molecule has 0 bridgehead atoms. The zero-order valence-electron chi connectivity index (χ0n) is 19.0. The number of hydrogen-bond acceptors (Lipinski definition) is 1. The Hall–Kier alpha value is -1.64. The Morgan fingerprint density at radius 2 is 1.52 bits per heavy atom. The molecule has 0 radical (unpaired) electrons. The first-order chi connectivity index (χ1) is 15.1. The summed E-state index contributed by atoms with van der Waals surface area (Å²) >= 11 is 0. The SMILES string of the molecule is C=Cc1ccc(OCC2CCC(C3CCC4CC(/C=C/C)CCC4C3)CC2)c(F)c1F. The molecule has 0 amide bonds. The number of hydrogen-bond donors (Lipinski definition) is 0. The van der Waals surface area contributed by atoms with Gasteiger partial charge in [0.1, 0.15) is 0 Å². The maximum Gasteiger partial charge on any atom is 0.201 e. The van der Waals surface area contributed by atoms with Crippen molar-refractivity contribution < 1.29 is 13.5 Å². The molecule has 0 heterocycles. The van der Waals surface area contributed by atoms with E-state index in [9.17, 15) is 8.78 Å². The predicted molar refractivity (Wildman–Crippen MR) is 124 cm³/mol. The Balaban J connectivity index is 1.23. The van der Waals surface area contributed by atoms with Gasteiger partial charge in [-0.1, -0.05) is 24.8 Å². The zero-order chi connectivity index (χ0) is 21.8. The number of benzene rings is 1. The average molecular weight is 429 g/mol. The number of ether oxygens (including phenoxy) is 1. The van der Waals surface area contributed by atoms with Crippen molar-refractivity contribution in [2.24, 2.45) is 35.5 Å². The van der Waals surface area contributed by atoms with Gasteiger partial charge in [0.05, 0.1) is 6.61 Å². The van der Waals surface area contributed by atoms with Crippen molar-refractivity contribution in [3.63, 3.8) is 0 Å². The molecule has 4 atom stereocenters. The monoisotopic (exact) mass is 428 g/mol. The Morgan fingerprint density at radius 3 is 2.23 bits per heavy atom. The summed E-state index contributed by atoms with van der Waals surface area (Å²) in [6.45, 7) is 6.15. The van der Waals surface area contributed by atoms with Crippen LogP contribution in [0.5, 0.6) is 5.75 Å². The summed E-state index contributed by atoms with van der Waals surface area (Å²) < 4.78 is 33.8. The number of fused-ring (bicyclic) bond motifs is 1. The summed E-state index contributed by atoms with van der Waals surface area (Å²) in [6.07, 6.45) is 19.3. The molecule has 170 valence electrons. The topological polar surface area (TPSA) is 9.23 Å². The maximum absolute atomic E-state index is 14.2. The van der Waals surface area contributed by atoms with Crippen molar-refractivity contribution in [1.29, 1.82) is 0 Å². The summed E-state index contributed by atoms with van der Waals surface area (Å²) in [4.78, 5) is 0. The molecular weight excluding hydrogens is 390 g/mol. The van der Waals surface area contributed by atoms with Crippen LogP contribution in [0.3, 0.4) is 0 Å². The molecule has 4 unspecified atom stereocenters. The van der Waals surface area contributed by atoms with Crippen molar-refractivity contribution in [2.45, 2.75) is 71.1 Å². The molecule has 0 N–H and O–H groups in total. The van der Waals surface area contributed by atoms with E-state index in [2.05, 4.69) is 25.7 Å². The molecule has 3 aliphatic rings. The minimum Gasteiger partial charge on any atom is -0.490 e. The highest BCUT2D eigenvalue weighted by Crippen LogP contribution is 2.49. The standard InChI is InChI=1S/C28H38F2O/c1-3-5-19-6-11-25-17-24(13-12-23(25)16-19)22-9-7-20(8-10-22)18-31-26-15-14-21(4-2)27(29)28(26)30/h3-5,14-15,19-20,22-25H,2,6-13,16-18H2,1H3/b5-3+. The van der Waals surface area contributed by atoms with Crippen LogP contribution in [0.2, 0.25) is 0 Å². The van der Waals surface area contributed by atoms with Crippen molar-refractivity contribution >= 4 is 6.08 Å². The van der Waals surface area contributed by atoms with Crippen LogP contribution in [0, 0.1) is 47.1 Å². The van der Waals surface area contributed by atoms with Crippen molar-refractivity contribution in [1.82, 2.24) is 0 Å². The lowest BCUT2D eigenvalue weighted by Crippen LogP contribution is -2.34. The van der Waals surface area contributed by atoms with E-state index in [1.54, 1.807) is 0 Å². The van der Waals surface area contributed by atoms with Crippen LogP contribution in [-0.4, -0.2) is 6.61 Å². The van der Waals surface area contributed by atoms with Crippen LogP contribution in [0.15, 0.2) is 30.9 Å². The second kappa shape index (κ2) is 10.3. The maximum atomic E-state index is 14.2. The van der Waals surface area contributed by atoms with Crippen molar-refractivity contribution in [3.8, 4) is 5.75 Å². The summed E-state index contributed by atoms with van der Waals surface area (Å²) in [5, 5.41) is 0. The lowest BCUT2D eigenvalue weighted by molar-refractivity contribution is 0.0627. The van der Waals surface area contributed by atoms with E-state index in [-0.39, 0.29) is 11.3 Å². The van der Waals surface area contributed by atoms with E-state index >= 15 is 0 Å². The van der Waals surface area contributed by atoms with Crippen molar-refractivity contribution in [3.05, 3.63) is 48.1 Å². The quantitative estimate of drug-likeness (QED) is 0.415. The molecule has 0 aliphatic heterocycles. The van der Waals surface area contributed by atoms with Gasteiger partial charge in [-0.25, -0.2) is 4.39 Å². The van der Waals surface area contributed by atoms with Crippen LogP contribution in [-0.2, 0) is 0 Å². The van der Waals surface area contributed by atoms with Crippen LogP contribution >= 0.6 is 0 Å². The average Bonchev–Trinajstić information content (AvgIpc) is 2.80. The third-order valence-corrected chi connectivity index (χ3v) is 8.49. The summed E-state index contributed by atoms with van der Waals surface area (Å²) in [5.41, 5.74) is 0.176. The fourth-order valence-electron chi connectivity index (χ4n) is 6.69.